The van der Waals surface area contributed by atoms with E-state index in [1.165, 1.54) is 24.0 Å². The second-order valence-corrected chi connectivity index (χ2v) is 7.51. The first-order valence-corrected chi connectivity index (χ1v) is 10.4. The lowest BCUT2D eigenvalue weighted by Gasteiger charge is -2.28. The molecule has 1 fully saturated rings. The number of carbonyl (C=O) groups is 1. The predicted molar refractivity (Wildman–Crippen MR) is 114 cm³/mol. The monoisotopic (exact) mass is 389 g/mol. The smallest absolute Gasteiger partial charge is 0.273 e. The van der Waals surface area contributed by atoms with Gasteiger partial charge in [-0.1, -0.05) is 66.7 Å². The first-order valence-electron chi connectivity index (χ1n) is 10.4. The van der Waals surface area contributed by atoms with Gasteiger partial charge in [0.1, 0.15) is 0 Å². The van der Waals surface area contributed by atoms with Gasteiger partial charge >= 0.3 is 0 Å². The van der Waals surface area contributed by atoms with Gasteiger partial charge in [-0.2, -0.15) is 0 Å². The van der Waals surface area contributed by atoms with Crippen LogP contribution < -0.4 is 5.32 Å². The molecule has 1 saturated heterocycles. The molecular formula is C24H27N3O2. The molecule has 5 heteroatoms. The van der Waals surface area contributed by atoms with Crippen molar-refractivity contribution < 1.29 is 9.32 Å². The predicted octanol–water partition coefficient (Wildman–Crippen LogP) is 4.47. The van der Waals surface area contributed by atoms with Crippen molar-refractivity contribution >= 4 is 5.91 Å². The van der Waals surface area contributed by atoms with E-state index in [9.17, 15) is 4.79 Å². The number of nitrogens with one attached hydrogen (secondary N) is 1. The van der Waals surface area contributed by atoms with E-state index in [0.29, 0.717) is 18.0 Å². The Balaban J connectivity index is 1.45. The van der Waals surface area contributed by atoms with Crippen molar-refractivity contribution in [1.29, 1.82) is 0 Å². The summed E-state index contributed by atoms with van der Waals surface area (Å²) in [4.78, 5) is 15.1. The second kappa shape index (κ2) is 9.05. The molecule has 1 aliphatic heterocycles. The van der Waals surface area contributed by atoms with E-state index in [4.69, 9.17) is 4.52 Å². The number of aryl methyl sites for hydroxylation is 1. The largest absolute Gasteiger partial charge is 0.355 e. The minimum absolute atomic E-state index is 0.174. The number of benzene rings is 2. The molecule has 0 radical (unpaired) electrons. The number of nitrogens with zero attached hydrogens (tertiary/aromatic N) is 2. The topological polar surface area (TPSA) is 58.4 Å². The summed E-state index contributed by atoms with van der Waals surface area (Å²) in [5.74, 6) is 0.396. The Hall–Kier alpha value is -2.92. The third-order valence-corrected chi connectivity index (χ3v) is 5.61. The lowest BCUT2D eigenvalue weighted by molar-refractivity contribution is 0.0929. The number of aromatic nitrogens is 1. The van der Waals surface area contributed by atoms with Crippen molar-refractivity contribution in [3.05, 3.63) is 77.5 Å². The van der Waals surface area contributed by atoms with Gasteiger partial charge in [0.15, 0.2) is 11.5 Å². The van der Waals surface area contributed by atoms with Gasteiger partial charge < -0.3 is 9.84 Å². The molecule has 150 valence electrons. The van der Waals surface area contributed by atoms with Crippen LogP contribution in [0.2, 0.25) is 0 Å². The van der Waals surface area contributed by atoms with E-state index in [-0.39, 0.29) is 11.9 Å². The normalized spacial score (nSPS) is 15.3. The third kappa shape index (κ3) is 4.57. The average Bonchev–Trinajstić information content (AvgIpc) is 3.47. The van der Waals surface area contributed by atoms with Gasteiger partial charge in [-0.15, -0.1) is 0 Å². The van der Waals surface area contributed by atoms with Crippen LogP contribution in [0, 0.1) is 0 Å². The molecule has 1 atom stereocenters. The highest BCUT2D eigenvalue weighted by Crippen LogP contribution is 2.25. The summed E-state index contributed by atoms with van der Waals surface area (Å²) in [6.07, 6.45) is 3.45. The van der Waals surface area contributed by atoms with Crippen LogP contribution in [0.4, 0.5) is 0 Å². The number of rotatable bonds is 7. The van der Waals surface area contributed by atoms with Crippen LogP contribution in [0.15, 0.2) is 65.2 Å². The highest BCUT2D eigenvalue weighted by molar-refractivity contribution is 5.93. The molecule has 0 saturated carbocycles. The van der Waals surface area contributed by atoms with Gasteiger partial charge in [0.25, 0.3) is 5.91 Å². The molecule has 3 aromatic rings. The lowest BCUT2D eigenvalue weighted by atomic mass is 10.0. The zero-order chi connectivity index (χ0) is 20.1. The van der Waals surface area contributed by atoms with Crippen molar-refractivity contribution in [3.8, 4) is 11.3 Å². The Bertz CT molecular complexity index is 928. The van der Waals surface area contributed by atoms with E-state index in [1.807, 2.05) is 30.3 Å². The quantitative estimate of drug-likeness (QED) is 0.648. The zero-order valence-corrected chi connectivity index (χ0v) is 16.8. The van der Waals surface area contributed by atoms with Crippen LogP contribution in [-0.4, -0.2) is 35.6 Å². The van der Waals surface area contributed by atoms with Crippen molar-refractivity contribution in [1.82, 2.24) is 15.4 Å². The highest BCUT2D eigenvalue weighted by Gasteiger charge is 2.24. The minimum atomic E-state index is -0.203. The number of carbonyl (C=O) groups excluding carboxylic acids is 1. The summed E-state index contributed by atoms with van der Waals surface area (Å²) >= 11 is 0. The SMILES string of the molecule is CCc1ccc([C@H](CNC(=O)c2cc(-c3ccccc3)on2)N2CCCC2)cc1. The molecule has 4 rings (SSSR count). The third-order valence-electron chi connectivity index (χ3n) is 5.61. The number of hydrogen-bond acceptors (Lipinski definition) is 4. The molecule has 2 aromatic carbocycles. The molecule has 0 bridgehead atoms. The maximum Gasteiger partial charge on any atom is 0.273 e. The van der Waals surface area contributed by atoms with E-state index < -0.39 is 0 Å². The zero-order valence-electron chi connectivity index (χ0n) is 16.8. The van der Waals surface area contributed by atoms with Crippen molar-refractivity contribution in [2.45, 2.75) is 32.2 Å². The van der Waals surface area contributed by atoms with E-state index in [0.717, 1.165) is 25.1 Å². The molecule has 1 aliphatic rings. The first kappa shape index (κ1) is 19.4. The first-order chi connectivity index (χ1) is 14.2. The number of amides is 1. The second-order valence-electron chi connectivity index (χ2n) is 7.51. The Morgan fingerprint density at radius 2 is 1.83 bits per heavy atom. The molecular weight excluding hydrogens is 362 g/mol. The van der Waals surface area contributed by atoms with E-state index in [1.54, 1.807) is 6.07 Å². The molecule has 0 aliphatic carbocycles. The van der Waals surface area contributed by atoms with Crippen LogP contribution in [0.5, 0.6) is 0 Å². The van der Waals surface area contributed by atoms with Gasteiger partial charge in [-0.05, 0) is 43.5 Å². The molecule has 0 spiro atoms. The van der Waals surface area contributed by atoms with Gasteiger partial charge in [0.2, 0.25) is 0 Å². The summed E-state index contributed by atoms with van der Waals surface area (Å²) < 4.78 is 5.37. The molecule has 1 amide bonds. The fraction of sp³-hybridized carbons (Fsp3) is 0.333. The summed E-state index contributed by atoms with van der Waals surface area (Å²) in [7, 11) is 0. The van der Waals surface area contributed by atoms with Crippen LogP contribution in [0.3, 0.4) is 0 Å². The molecule has 0 unspecified atom stereocenters. The Morgan fingerprint density at radius 1 is 1.10 bits per heavy atom. The summed E-state index contributed by atoms with van der Waals surface area (Å²) in [5.41, 5.74) is 3.79. The number of hydrogen-bond donors (Lipinski definition) is 1. The summed E-state index contributed by atoms with van der Waals surface area (Å²) in [5, 5.41) is 7.03. The van der Waals surface area contributed by atoms with Gasteiger partial charge in [-0.25, -0.2) is 0 Å². The van der Waals surface area contributed by atoms with Crippen molar-refractivity contribution in [2.75, 3.05) is 19.6 Å². The Morgan fingerprint density at radius 3 is 2.52 bits per heavy atom. The van der Waals surface area contributed by atoms with Crippen molar-refractivity contribution in [2.24, 2.45) is 0 Å². The van der Waals surface area contributed by atoms with Gasteiger partial charge in [0.05, 0.1) is 6.04 Å². The Labute approximate surface area is 171 Å². The standard InChI is InChI=1S/C24H27N3O2/c1-2-18-10-12-19(13-11-18)22(27-14-6-7-15-27)17-25-24(28)21-16-23(29-26-21)20-8-4-3-5-9-20/h3-5,8-13,16,22H,2,6-7,14-15,17H2,1H3,(H,25,28)/t22-/m0/s1. The minimum Gasteiger partial charge on any atom is -0.355 e. The molecule has 5 nitrogen and oxygen atoms in total. The lowest BCUT2D eigenvalue weighted by Crippen LogP contribution is -2.36. The van der Waals surface area contributed by atoms with E-state index >= 15 is 0 Å². The molecule has 1 N–H and O–H groups in total. The van der Waals surface area contributed by atoms with Crippen LogP contribution in [0.1, 0.15) is 47.4 Å². The summed E-state index contributed by atoms with van der Waals surface area (Å²) in [6, 6.07) is 20.3. The van der Waals surface area contributed by atoms with Crippen molar-refractivity contribution in [3.63, 3.8) is 0 Å². The molecule has 1 aromatic heterocycles. The van der Waals surface area contributed by atoms with Crippen LogP contribution in [0.25, 0.3) is 11.3 Å². The van der Waals surface area contributed by atoms with Gasteiger partial charge in [0, 0.05) is 18.2 Å². The van der Waals surface area contributed by atoms with Gasteiger partial charge in [-0.3, -0.25) is 9.69 Å². The summed E-state index contributed by atoms with van der Waals surface area (Å²) in [6.45, 7) is 4.85. The fourth-order valence-electron chi connectivity index (χ4n) is 3.89. The maximum absolute atomic E-state index is 12.7. The fourth-order valence-corrected chi connectivity index (χ4v) is 3.89. The molecule has 29 heavy (non-hydrogen) atoms. The van der Waals surface area contributed by atoms with E-state index in [2.05, 4.69) is 46.6 Å². The highest BCUT2D eigenvalue weighted by atomic mass is 16.5. The average molecular weight is 389 g/mol. The maximum atomic E-state index is 12.7. The van der Waals surface area contributed by atoms with Crippen LogP contribution in [-0.2, 0) is 6.42 Å². The number of likely N-dealkylation sites (tertiary alicyclic amines) is 1. The molecule has 2 heterocycles. The Kier molecular flexibility index (Phi) is 6.06. The van der Waals surface area contributed by atoms with Crippen LogP contribution >= 0.6 is 0 Å².